The lowest BCUT2D eigenvalue weighted by Crippen LogP contribution is -1.92. The van der Waals surface area contributed by atoms with Gasteiger partial charge in [-0.1, -0.05) is 11.6 Å². The van der Waals surface area contributed by atoms with Gasteiger partial charge in [0.2, 0.25) is 0 Å². The Morgan fingerprint density at radius 3 is 2.90 bits per heavy atom. The zero-order valence-corrected chi connectivity index (χ0v) is 10.7. The van der Waals surface area contributed by atoms with E-state index in [1.807, 2.05) is 0 Å². The predicted molar refractivity (Wildman–Crippen MR) is 71.2 cm³/mol. The van der Waals surface area contributed by atoms with Crippen LogP contribution >= 0.6 is 11.6 Å². The number of hydrogen-bond acceptors (Lipinski definition) is 5. The van der Waals surface area contributed by atoms with Crippen molar-refractivity contribution >= 4 is 22.9 Å². The number of benzene rings is 1. The summed E-state index contributed by atoms with van der Waals surface area (Å²) in [6, 6.07) is 7.47. The summed E-state index contributed by atoms with van der Waals surface area (Å²) in [4.78, 5) is 14.1. The topological polar surface area (TPSA) is 82.6 Å². The quantitative estimate of drug-likeness (QED) is 0.547. The molecule has 0 atom stereocenters. The minimum absolute atomic E-state index is 0.0888. The van der Waals surface area contributed by atoms with Gasteiger partial charge in [0.25, 0.3) is 5.69 Å². The van der Waals surface area contributed by atoms with Crippen LogP contribution in [0.2, 0.25) is 5.02 Å². The van der Waals surface area contributed by atoms with Gasteiger partial charge in [-0.25, -0.2) is 9.50 Å². The molecule has 2 aromatic heterocycles. The Morgan fingerprint density at radius 2 is 2.15 bits per heavy atom. The van der Waals surface area contributed by atoms with Gasteiger partial charge in [-0.15, -0.1) is 0 Å². The van der Waals surface area contributed by atoms with Crippen LogP contribution in [0.5, 0.6) is 11.5 Å². The van der Waals surface area contributed by atoms with Gasteiger partial charge >= 0.3 is 0 Å². The second kappa shape index (κ2) is 4.78. The Hall–Kier alpha value is -2.67. The lowest BCUT2D eigenvalue weighted by Gasteiger charge is -2.07. The molecular formula is C12H7ClN4O3. The Bertz CT molecular complexity index is 802. The highest BCUT2D eigenvalue weighted by Crippen LogP contribution is 2.32. The van der Waals surface area contributed by atoms with E-state index in [2.05, 4.69) is 10.1 Å². The average molecular weight is 291 g/mol. The number of aromatic nitrogens is 3. The van der Waals surface area contributed by atoms with Gasteiger partial charge in [0.1, 0.15) is 17.8 Å². The normalized spacial score (nSPS) is 10.7. The first-order valence-corrected chi connectivity index (χ1v) is 5.92. The fourth-order valence-electron chi connectivity index (χ4n) is 1.67. The van der Waals surface area contributed by atoms with Gasteiger partial charge in [0, 0.05) is 12.1 Å². The van der Waals surface area contributed by atoms with Crippen molar-refractivity contribution in [3.05, 3.63) is 58.0 Å². The summed E-state index contributed by atoms with van der Waals surface area (Å²) in [5.41, 5.74) is 0.598. The Kier molecular flexibility index (Phi) is 2.96. The molecule has 7 nitrogen and oxygen atoms in total. The highest BCUT2D eigenvalue weighted by molar-refractivity contribution is 6.32. The highest BCUT2D eigenvalue weighted by atomic mass is 35.5. The van der Waals surface area contributed by atoms with Crippen molar-refractivity contribution in [3.8, 4) is 11.5 Å². The third-order valence-electron chi connectivity index (χ3n) is 2.60. The summed E-state index contributed by atoms with van der Waals surface area (Å²) in [6.45, 7) is 0. The third kappa shape index (κ3) is 2.26. The van der Waals surface area contributed by atoms with Crippen LogP contribution in [0.1, 0.15) is 0 Å². The number of halogens is 1. The summed E-state index contributed by atoms with van der Waals surface area (Å²) < 4.78 is 7.13. The van der Waals surface area contributed by atoms with Crippen molar-refractivity contribution in [1.82, 2.24) is 14.6 Å². The van der Waals surface area contributed by atoms with E-state index >= 15 is 0 Å². The van der Waals surface area contributed by atoms with Crippen LogP contribution in [-0.2, 0) is 0 Å². The number of pyridine rings is 1. The van der Waals surface area contributed by atoms with Gasteiger partial charge in [-0.05, 0) is 18.2 Å². The largest absolute Gasteiger partial charge is 0.454 e. The van der Waals surface area contributed by atoms with Crippen molar-refractivity contribution in [2.75, 3.05) is 0 Å². The number of ether oxygens (including phenoxy) is 1. The predicted octanol–water partition coefficient (Wildman–Crippen LogP) is 3.08. The molecule has 8 heteroatoms. The van der Waals surface area contributed by atoms with E-state index in [9.17, 15) is 10.1 Å². The zero-order chi connectivity index (χ0) is 14.1. The SMILES string of the molecule is O=[N+]([O-])c1ccc(Oc2ccc3ncnn3c2)c(Cl)c1. The van der Waals surface area contributed by atoms with E-state index in [1.54, 1.807) is 22.8 Å². The van der Waals surface area contributed by atoms with Crippen molar-refractivity contribution in [3.63, 3.8) is 0 Å². The van der Waals surface area contributed by atoms with Gasteiger partial charge in [-0.2, -0.15) is 5.10 Å². The van der Waals surface area contributed by atoms with Crippen LogP contribution in [0.25, 0.3) is 5.65 Å². The van der Waals surface area contributed by atoms with Crippen LogP contribution in [-0.4, -0.2) is 19.5 Å². The highest BCUT2D eigenvalue weighted by Gasteiger charge is 2.11. The second-order valence-corrected chi connectivity index (χ2v) is 4.31. The number of nitro benzene ring substituents is 1. The molecule has 0 aliphatic heterocycles. The zero-order valence-electron chi connectivity index (χ0n) is 9.93. The first-order valence-electron chi connectivity index (χ1n) is 5.55. The molecule has 2 heterocycles. The van der Waals surface area contributed by atoms with Gasteiger partial charge < -0.3 is 4.74 Å². The number of fused-ring (bicyclic) bond motifs is 1. The molecule has 0 saturated heterocycles. The number of hydrogen-bond donors (Lipinski definition) is 0. The first kappa shape index (κ1) is 12.4. The second-order valence-electron chi connectivity index (χ2n) is 3.90. The number of non-ortho nitro benzene ring substituents is 1. The average Bonchev–Trinajstić information content (AvgIpc) is 2.88. The molecule has 0 radical (unpaired) electrons. The van der Waals surface area contributed by atoms with Gasteiger partial charge in [0.15, 0.2) is 5.65 Å². The smallest absolute Gasteiger partial charge is 0.271 e. The summed E-state index contributed by atoms with van der Waals surface area (Å²) in [5, 5.41) is 14.8. The Labute approximate surface area is 117 Å². The minimum Gasteiger partial charge on any atom is -0.454 e. The molecule has 3 aromatic rings. The summed E-state index contributed by atoms with van der Waals surface area (Å²) in [6.07, 6.45) is 3.07. The van der Waals surface area contributed by atoms with Crippen molar-refractivity contribution in [2.24, 2.45) is 0 Å². The molecular weight excluding hydrogens is 284 g/mol. The van der Waals surface area contributed by atoms with E-state index in [4.69, 9.17) is 16.3 Å². The number of nitro groups is 1. The monoisotopic (exact) mass is 290 g/mol. The maximum Gasteiger partial charge on any atom is 0.271 e. The van der Waals surface area contributed by atoms with Crippen LogP contribution in [0.15, 0.2) is 42.9 Å². The number of rotatable bonds is 3. The standard InChI is InChI=1S/C12H7ClN4O3/c13-10-5-8(17(18)19)1-3-11(10)20-9-2-4-12-14-7-15-16(12)6-9/h1-7H. The van der Waals surface area contributed by atoms with Crippen molar-refractivity contribution < 1.29 is 9.66 Å². The van der Waals surface area contributed by atoms with Crippen LogP contribution in [0.4, 0.5) is 5.69 Å². The molecule has 20 heavy (non-hydrogen) atoms. The van der Waals surface area contributed by atoms with Gasteiger partial charge in [-0.3, -0.25) is 10.1 Å². The summed E-state index contributed by atoms with van der Waals surface area (Å²) in [5.74, 6) is 0.829. The molecule has 100 valence electrons. The van der Waals surface area contributed by atoms with Gasteiger partial charge in [0.05, 0.1) is 16.1 Å². The van der Waals surface area contributed by atoms with E-state index in [0.717, 1.165) is 0 Å². The molecule has 0 spiro atoms. The van der Waals surface area contributed by atoms with Crippen molar-refractivity contribution in [2.45, 2.75) is 0 Å². The van der Waals surface area contributed by atoms with E-state index in [1.165, 1.54) is 24.5 Å². The number of nitrogens with zero attached hydrogens (tertiary/aromatic N) is 4. The third-order valence-corrected chi connectivity index (χ3v) is 2.90. The minimum atomic E-state index is -0.517. The Balaban J connectivity index is 1.92. The lowest BCUT2D eigenvalue weighted by molar-refractivity contribution is -0.384. The van der Waals surface area contributed by atoms with Crippen LogP contribution < -0.4 is 4.74 Å². The lowest BCUT2D eigenvalue weighted by atomic mass is 10.3. The molecule has 1 aromatic carbocycles. The Morgan fingerprint density at radius 1 is 1.30 bits per heavy atom. The molecule has 0 fully saturated rings. The summed E-state index contributed by atoms with van der Waals surface area (Å²) >= 11 is 5.96. The van der Waals surface area contributed by atoms with E-state index < -0.39 is 4.92 Å². The molecule has 0 saturated carbocycles. The molecule has 0 amide bonds. The van der Waals surface area contributed by atoms with Crippen LogP contribution in [0.3, 0.4) is 0 Å². The molecule has 0 bridgehead atoms. The van der Waals surface area contributed by atoms with Crippen LogP contribution in [0, 0.1) is 10.1 Å². The summed E-state index contributed by atoms with van der Waals surface area (Å²) in [7, 11) is 0. The molecule has 0 N–H and O–H groups in total. The fraction of sp³-hybridized carbons (Fsp3) is 0. The van der Waals surface area contributed by atoms with E-state index in [-0.39, 0.29) is 10.7 Å². The molecule has 0 aliphatic rings. The maximum absolute atomic E-state index is 10.6. The molecule has 0 aliphatic carbocycles. The fourth-order valence-corrected chi connectivity index (χ4v) is 1.88. The molecule has 3 rings (SSSR count). The van der Waals surface area contributed by atoms with E-state index in [0.29, 0.717) is 17.1 Å². The molecule has 0 unspecified atom stereocenters. The maximum atomic E-state index is 10.6. The first-order chi connectivity index (χ1) is 9.63. The van der Waals surface area contributed by atoms with Crippen molar-refractivity contribution in [1.29, 1.82) is 0 Å².